The molecule has 4 heterocycles. The van der Waals surface area contributed by atoms with Crippen LogP contribution in [-0.2, 0) is 13.1 Å². The second kappa shape index (κ2) is 5.85. The summed E-state index contributed by atoms with van der Waals surface area (Å²) in [6, 6.07) is 10.1. The summed E-state index contributed by atoms with van der Waals surface area (Å²) in [6.45, 7) is 3.40. The Kier molecular flexibility index (Phi) is 3.55. The Balaban J connectivity index is 1.77. The molecule has 6 nitrogen and oxygen atoms in total. The Labute approximate surface area is 137 Å². The van der Waals surface area contributed by atoms with E-state index < -0.39 is 0 Å². The molecule has 0 saturated carbocycles. The third-order valence-electron chi connectivity index (χ3n) is 3.54. The second-order valence-electron chi connectivity index (χ2n) is 5.24. The highest BCUT2D eigenvalue weighted by Gasteiger charge is 2.16. The summed E-state index contributed by atoms with van der Waals surface area (Å²) in [5, 5.41) is 6.40. The molecule has 0 radical (unpaired) electrons. The molecule has 116 valence electrons. The quantitative estimate of drug-likeness (QED) is 0.563. The zero-order valence-corrected chi connectivity index (χ0v) is 13.4. The zero-order valence-electron chi connectivity index (χ0n) is 12.6. The maximum Gasteiger partial charge on any atom is 0.254 e. The molecule has 7 heteroatoms. The molecule has 0 fully saturated rings. The molecule has 4 aromatic rings. The summed E-state index contributed by atoms with van der Waals surface area (Å²) in [6.07, 6.45) is 3.23. The number of furan rings is 1. The lowest BCUT2D eigenvalue weighted by Gasteiger charge is -2.23. The van der Waals surface area contributed by atoms with Gasteiger partial charge in [0, 0.05) is 16.6 Å². The normalized spacial score (nSPS) is 11.2. The van der Waals surface area contributed by atoms with Gasteiger partial charge in [-0.15, -0.1) is 11.3 Å². The van der Waals surface area contributed by atoms with E-state index in [-0.39, 0.29) is 0 Å². The van der Waals surface area contributed by atoms with Crippen LogP contribution in [0.5, 0.6) is 0 Å². The lowest BCUT2D eigenvalue weighted by Crippen LogP contribution is -2.24. The number of nitrogens with zero attached hydrogens (tertiary/aromatic N) is 5. The number of fused-ring (bicyclic) bond motifs is 1. The largest absolute Gasteiger partial charge is 0.467 e. The number of hydrogen-bond acceptors (Lipinski definition) is 6. The molecule has 0 spiro atoms. The van der Waals surface area contributed by atoms with Crippen LogP contribution in [-0.4, -0.2) is 19.6 Å². The highest BCUT2D eigenvalue weighted by molar-refractivity contribution is 7.09. The van der Waals surface area contributed by atoms with Crippen molar-refractivity contribution in [3.63, 3.8) is 0 Å². The van der Waals surface area contributed by atoms with Crippen LogP contribution in [0.4, 0.5) is 5.82 Å². The fraction of sp³-hybridized carbons (Fsp3) is 0.188. The monoisotopic (exact) mass is 325 g/mol. The lowest BCUT2D eigenvalue weighted by molar-refractivity contribution is 0.500. The fourth-order valence-corrected chi connectivity index (χ4v) is 3.26. The standard InChI is InChI=1S/C16H15N5OS/c1-12-8-15(21-16(19-12)17-11-18-21)20(9-13-4-2-6-22-13)10-14-5-3-7-23-14/h2-8,11H,9-10H2,1H3. The lowest BCUT2D eigenvalue weighted by atomic mass is 10.3. The van der Waals surface area contributed by atoms with Gasteiger partial charge in [0.05, 0.1) is 19.4 Å². The van der Waals surface area contributed by atoms with E-state index in [0.717, 1.165) is 23.8 Å². The smallest absolute Gasteiger partial charge is 0.254 e. The summed E-state index contributed by atoms with van der Waals surface area (Å²) in [7, 11) is 0. The molecule has 4 aromatic heterocycles. The van der Waals surface area contributed by atoms with Crippen molar-refractivity contribution in [1.29, 1.82) is 0 Å². The molecule has 0 saturated heterocycles. The highest BCUT2D eigenvalue weighted by atomic mass is 32.1. The minimum absolute atomic E-state index is 0.607. The SMILES string of the molecule is Cc1cc(N(Cc2ccco2)Cc2cccs2)n2ncnc2n1. The Hall–Kier alpha value is -2.67. The first kappa shape index (κ1) is 14.0. The Bertz CT molecular complexity index is 862. The maximum atomic E-state index is 5.53. The number of aryl methyl sites for hydroxylation is 1. The van der Waals surface area contributed by atoms with Crippen molar-refractivity contribution in [2.75, 3.05) is 4.90 Å². The van der Waals surface area contributed by atoms with E-state index in [9.17, 15) is 0 Å². The van der Waals surface area contributed by atoms with Gasteiger partial charge in [-0.05, 0) is 30.5 Å². The van der Waals surface area contributed by atoms with Crippen LogP contribution >= 0.6 is 11.3 Å². The molecule has 23 heavy (non-hydrogen) atoms. The van der Waals surface area contributed by atoms with Crippen molar-refractivity contribution in [1.82, 2.24) is 19.6 Å². The van der Waals surface area contributed by atoms with Gasteiger partial charge in [0.25, 0.3) is 5.78 Å². The van der Waals surface area contributed by atoms with Crippen molar-refractivity contribution in [2.24, 2.45) is 0 Å². The molecule has 4 rings (SSSR count). The van der Waals surface area contributed by atoms with Gasteiger partial charge in [0.2, 0.25) is 0 Å². The summed E-state index contributed by atoms with van der Waals surface area (Å²) in [5.41, 5.74) is 0.913. The zero-order chi connectivity index (χ0) is 15.6. The summed E-state index contributed by atoms with van der Waals surface area (Å²) in [4.78, 5) is 12.1. The van der Waals surface area contributed by atoms with Crippen LogP contribution in [0.3, 0.4) is 0 Å². The van der Waals surface area contributed by atoms with Crippen LogP contribution in [0.15, 0.2) is 52.7 Å². The van der Waals surface area contributed by atoms with E-state index in [1.165, 1.54) is 11.2 Å². The molecular weight excluding hydrogens is 310 g/mol. The molecule has 0 aromatic carbocycles. The molecule has 0 unspecified atom stereocenters. The maximum absolute atomic E-state index is 5.53. The van der Waals surface area contributed by atoms with Gasteiger partial charge in [0.1, 0.15) is 17.9 Å². The molecule has 0 atom stereocenters. The van der Waals surface area contributed by atoms with Gasteiger partial charge >= 0.3 is 0 Å². The summed E-state index contributed by atoms with van der Waals surface area (Å²) >= 11 is 1.74. The number of rotatable bonds is 5. The Morgan fingerprint density at radius 2 is 2.22 bits per heavy atom. The van der Waals surface area contributed by atoms with Crippen LogP contribution in [0.25, 0.3) is 5.78 Å². The number of aromatic nitrogens is 4. The van der Waals surface area contributed by atoms with Crippen molar-refractivity contribution < 1.29 is 4.42 Å². The van der Waals surface area contributed by atoms with E-state index in [2.05, 4.69) is 37.5 Å². The predicted octanol–water partition coefficient (Wildman–Crippen LogP) is 3.29. The topological polar surface area (TPSA) is 59.5 Å². The summed E-state index contributed by atoms with van der Waals surface area (Å²) < 4.78 is 7.30. The second-order valence-corrected chi connectivity index (χ2v) is 6.27. The number of hydrogen-bond donors (Lipinski definition) is 0. The third-order valence-corrected chi connectivity index (χ3v) is 4.40. The average Bonchev–Trinajstić information content (AvgIpc) is 3.28. The van der Waals surface area contributed by atoms with Gasteiger partial charge in [0.15, 0.2) is 0 Å². The van der Waals surface area contributed by atoms with Crippen LogP contribution in [0.2, 0.25) is 0 Å². The van der Waals surface area contributed by atoms with Gasteiger partial charge in [-0.1, -0.05) is 6.07 Å². The first-order valence-electron chi connectivity index (χ1n) is 7.27. The molecule has 0 bridgehead atoms. The van der Waals surface area contributed by atoms with E-state index in [1.54, 1.807) is 22.1 Å². The molecular formula is C16H15N5OS. The fourth-order valence-electron chi connectivity index (χ4n) is 2.54. The van der Waals surface area contributed by atoms with Gasteiger partial charge < -0.3 is 9.32 Å². The molecule has 0 N–H and O–H groups in total. The van der Waals surface area contributed by atoms with Crippen LogP contribution < -0.4 is 4.90 Å². The number of anilines is 1. The minimum Gasteiger partial charge on any atom is -0.467 e. The van der Waals surface area contributed by atoms with Crippen molar-refractivity contribution >= 4 is 22.9 Å². The van der Waals surface area contributed by atoms with Crippen LogP contribution in [0.1, 0.15) is 16.3 Å². The van der Waals surface area contributed by atoms with Crippen molar-refractivity contribution in [3.8, 4) is 0 Å². The van der Waals surface area contributed by atoms with Crippen molar-refractivity contribution in [2.45, 2.75) is 20.0 Å². The van der Waals surface area contributed by atoms with Gasteiger partial charge in [-0.2, -0.15) is 14.6 Å². The first-order valence-corrected chi connectivity index (χ1v) is 8.14. The Morgan fingerprint density at radius 3 is 3.00 bits per heavy atom. The van der Waals surface area contributed by atoms with E-state index in [4.69, 9.17) is 4.42 Å². The third kappa shape index (κ3) is 2.83. The first-order chi connectivity index (χ1) is 11.3. The molecule has 0 amide bonds. The number of thiophene rings is 1. The van der Waals surface area contributed by atoms with Gasteiger partial charge in [-0.3, -0.25) is 0 Å². The van der Waals surface area contributed by atoms with Gasteiger partial charge in [-0.25, -0.2) is 4.98 Å². The summed E-state index contributed by atoms with van der Waals surface area (Å²) in [5.74, 6) is 2.47. The van der Waals surface area contributed by atoms with Crippen molar-refractivity contribution in [3.05, 3.63) is 64.6 Å². The van der Waals surface area contributed by atoms with E-state index >= 15 is 0 Å². The molecule has 0 aliphatic rings. The van der Waals surface area contributed by atoms with Crippen LogP contribution in [0, 0.1) is 6.92 Å². The predicted molar refractivity (Wildman–Crippen MR) is 88.4 cm³/mol. The van der Waals surface area contributed by atoms with E-state index in [1.807, 2.05) is 25.1 Å². The molecule has 0 aliphatic heterocycles. The highest BCUT2D eigenvalue weighted by Crippen LogP contribution is 2.23. The molecule has 0 aliphatic carbocycles. The minimum atomic E-state index is 0.607. The van der Waals surface area contributed by atoms with E-state index in [0.29, 0.717) is 12.3 Å². The Morgan fingerprint density at radius 1 is 1.26 bits per heavy atom. The average molecular weight is 325 g/mol.